The Labute approximate surface area is 125 Å². The molecule has 2 aromatic rings. The van der Waals surface area contributed by atoms with Gasteiger partial charge in [0.2, 0.25) is 0 Å². The number of carbonyl (C=O) groups excluding carboxylic acids is 1. The molecule has 0 saturated carbocycles. The highest BCUT2D eigenvalue weighted by atomic mass is 32.1. The number of non-ortho nitro benzene ring substituents is 1. The van der Waals surface area contributed by atoms with Crippen LogP contribution in [0.15, 0.2) is 35.7 Å². The van der Waals surface area contributed by atoms with E-state index in [0.29, 0.717) is 12.3 Å². The van der Waals surface area contributed by atoms with Crippen LogP contribution in [0, 0.1) is 10.1 Å². The Bertz CT molecular complexity index is 655. The summed E-state index contributed by atoms with van der Waals surface area (Å²) in [6.45, 7) is 0.447. The topological polar surface area (TPSA) is 72.7 Å². The average molecular weight is 306 g/mol. The van der Waals surface area contributed by atoms with Gasteiger partial charge in [-0.1, -0.05) is 6.07 Å². The van der Waals surface area contributed by atoms with Crippen LogP contribution in [-0.4, -0.2) is 29.9 Å². The summed E-state index contributed by atoms with van der Waals surface area (Å²) in [6, 6.07) is 7.83. The van der Waals surface area contributed by atoms with E-state index in [2.05, 4.69) is 0 Å². The van der Waals surface area contributed by atoms with Crippen molar-refractivity contribution in [2.24, 2.45) is 0 Å². The summed E-state index contributed by atoms with van der Waals surface area (Å²) in [7, 11) is 3.08. The van der Waals surface area contributed by atoms with E-state index in [1.807, 2.05) is 17.5 Å². The van der Waals surface area contributed by atoms with Crippen molar-refractivity contribution in [3.8, 4) is 5.75 Å². The number of carbonyl (C=O) groups is 1. The van der Waals surface area contributed by atoms with Crippen LogP contribution in [0.2, 0.25) is 0 Å². The molecule has 1 aromatic heterocycles. The van der Waals surface area contributed by atoms with E-state index in [-0.39, 0.29) is 17.2 Å². The van der Waals surface area contributed by atoms with Crippen molar-refractivity contribution in [2.75, 3.05) is 14.2 Å². The maximum atomic E-state index is 12.5. The number of rotatable bonds is 5. The third kappa shape index (κ3) is 3.38. The van der Waals surface area contributed by atoms with Crippen molar-refractivity contribution < 1.29 is 14.5 Å². The van der Waals surface area contributed by atoms with E-state index < -0.39 is 4.92 Å². The van der Waals surface area contributed by atoms with Crippen molar-refractivity contribution in [2.45, 2.75) is 6.54 Å². The summed E-state index contributed by atoms with van der Waals surface area (Å²) in [6.07, 6.45) is 0. The van der Waals surface area contributed by atoms with Crippen LogP contribution < -0.4 is 4.74 Å². The fourth-order valence-corrected chi connectivity index (χ4v) is 2.65. The molecule has 1 amide bonds. The van der Waals surface area contributed by atoms with E-state index in [0.717, 1.165) is 4.88 Å². The highest BCUT2D eigenvalue weighted by Crippen LogP contribution is 2.25. The summed E-state index contributed by atoms with van der Waals surface area (Å²) in [4.78, 5) is 25.3. The number of ether oxygens (including phenoxy) is 1. The van der Waals surface area contributed by atoms with Gasteiger partial charge in [-0.3, -0.25) is 14.9 Å². The Morgan fingerprint density at radius 2 is 2.19 bits per heavy atom. The number of methoxy groups -OCH3 is 1. The van der Waals surface area contributed by atoms with Gasteiger partial charge in [0.1, 0.15) is 5.75 Å². The molecular formula is C14H14N2O4S. The molecule has 0 spiro atoms. The maximum absolute atomic E-state index is 12.5. The van der Waals surface area contributed by atoms with Gasteiger partial charge in [-0.15, -0.1) is 11.3 Å². The van der Waals surface area contributed by atoms with Gasteiger partial charge in [-0.05, 0) is 17.5 Å². The van der Waals surface area contributed by atoms with Crippen molar-refractivity contribution in [3.63, 3.8) is 0 Å². The molecule has 1 aromatic carbocycles. The van der Waals surface area contributed by atoms with Gasteiger partial charge in [-0.2, -0.15) is 0 Å². The molecule has 0 N–H and O–H groups in total. The fourth-order valence-electron chi connectivity index (χ4n) is 1.89. The van der Waals surface area contributed by atoms with E-state index in [9.17, 15) is 14.9 Å². The molecular weight excluding hydrogens is 292 g/mol. The molecule has 6 nitrogen and oxygen atoms in total. The Morgan fingerprint density at radius 3 is 2.76 bits per heavy atom. The van der Waals surface area contributed by atoms with Gasteiger partial charge in [0, 0.05) is 24.1 Å². The summed E-state index contributed by atoms with van der Waals surface area (Å²) >= 11 is 1.55. The zero-order valence-corrected chi connectivity index (χ0v) is 12.4. The molecule has 110 valence electrons. The zero-order chi connectivity index (χ0) is 15.4. The predicted octanol–water partition coefficient (Wildman–Crippen LogP) is 2.94. The van der Waals surface area contributed by atoms with Gasteiger partial charge in [0.15, 0.2) is 0 Å². The molecule has 2 rings (SSSR count). The Kier molecular flexibility index (Phi) is 4.54. The largest absolute Gasteiger partial charge is 0.496 e. The highest BCUT2D eigenvalue weighted by Gasteiger charge is 2.20. The lowest BCUT2D eigenvalue weighted by Crippen LogP contribution is -2.26. The summed E-state index contributed by atoms with van der Waals surface area (Å²) < 4.78 is 5.12. The SMILES string of the molecule is COc1ccc([N+](=O)[O-])cc1C(=O)N(C)Cc1cccs1. The normalized spacial score (nSPS) is 10.2. The first-order valence-corrected chi connectivity index (χ1v) is 7.01. The van der Waals surface area contributed by atoms with Crippen LogP contribution >= 0.6 is 11.3 Å². The van der Waals surface area contributed by atoms with E-state index in [1.54, 1.807) is 18.4 Å². The Hall–Kier alpha value is -2.41. The zero-order valence-electron chi connectivity index (χ0n) is 11.6. The second-order valence-corrected chi connectivity index (χ2v) is 5.41. The molecule has 0 saturated heterocycles. The molecule has 0 aliphatic heterocycles. The number of nitro benzene ring substituents is 1. The number of nitro groups is 1. The highest BCUT2D eigenvalue weighted by molar-refractivity contribution is 7.09. The first-order valence-electron chi connectivity index (χ1n) is 6.13. The second kappa shape index (κ2) is 6.36. The lowest BCUT2D eigenvalue weighted by atomic mass is 10.1. The number of thiophene rings is 1. The molecule has 0 aliphatic rings. The number of nitrogens with zero attached hydrogens (tertiary/aromatic N) is 2. The second-order valence-electron chi connectivity index (χ2n) is 4.38. The number of amides is 1. The minimum absolute atomic E-state index is 0.135. The third-order valence-corrected chi connectivity index (χ3v) is 3.81. The molecule has 0 fully saturated rings. The van der Waals surface area contributed by atoms with Crippen molar-refractivity contribution in [3.05, 3.63) is 56.3 Å². The molecule has 0 aliphatic carbocycles. The summed E-state index contributed by atoms with van der Waals surface area (Å²) in [5.74, 6) is 0.00702. The third-order valence-electron chi connectivity index (χ3n) is 2.94. The van der Waals surface area contributed by atoms with Crippen LogP contribution in [0.1, 0.15) is 15.2 Å². The standard InChI is InChI=1S/C14H14N2O4S/c1-15(9-11-4-3-7-21-11)14(17)12-8-10(16(18)19)5-6-13(12)20-2/h3-8H,9H2,1-2H3. The van der Waals surface area contributed by atoms with Gasteiger partial charge in [0.25, 0.3) is 11.6 Å². The van der Waals surface area contributed by atoms with Crippen LogP contribution in [0.4, 0.5) is 5.69 Å². The molecule has 0 unspecified atom stereocenters. The minimum atomic E-state index is -0.532. The average Bonchev–Trinajstić information content (AvgIpc) is 2.98. The van der Waals surface area contributed by atoms with E-state index >= 15 is 0 Å². The van der Waals surface area contributed by atoms with Gasteiger partial charge in [0.05, 0.1) is 24.1 Å². The first kappa shape index (κ1) is 15.0. The Balaban J connectivity index is 2.28. The molecule has 0 bridgehead atoms. The van der Waals surface area contributed by atoms with Gasteiger partial charge < -0.3 is 9.64 Å². The van der Waals surface area contributed by atoms with Crippen LogP contribution in [0.25, 0.3) is 0 Å². The molecule has 1 heterocycles. The van der Waals surface area contributed by atoms with Crippen molar-refractivity contribution in [1.82, 2.24) is 4.90 Å². The predicted molar refractivity (Wildman–Crippen MR) is 79.8 cm³/mol. The lowest BCUT2D eigenvalue weighted by molar-refractivity contribution is -0.384. The summed E-state index contributed by atoms with van der Waals surface area (Å²) in [5, 5.41) is 12.8. The maximum Gasteiger partial charge on any atom is 0.270 e. The molecule has 7 heteroatoms. The van der Waals surface area contributed by atoms with E-state index in [4.69, 9.17) is 4.74 Å². The van der Waals surface area contributed by atoms with Crippen LogP contribution in [0.3, 0.4) is 0 Å². The fraction of sp³-hybridized carbons (Fsp3) is 0.214. The number of hydrogen-bond acceptors (Lipinski definition) is 5. The van der Waals surface area contributed by atoms with Gasteiger partial charge >= 0.3 is 0 Å². The van der Waals surface area contributed by atoms with Crippen molar-refractivity contribution >= 4 is 22.9 Å². The Morgan fingerprint density at radius 1 is 1.43 bits per heavy atom. The first-order chi connectivity index (χ1) is 10.0. The van der Waals surface area contributed by atoms with Crippen LogP contribution in [0.5, 0.6) is 5.75 Å². The molecule has 0 radical (unpaired) electrons. The minimum Gasteiger partial charge on any atom is -0.496 e. The van der Waals surface area contributed by atoms with E-state index in [1.165, 1.54) is 30.2 Å². The summed E-state index contributed by atoms with van der Waals surface area (Å²) in [5.41, 5.74) is 0.0504. The number of hydrogen-bond donors (Lipinski definition) is 0. The smallest absolute Gasteiger partial charge is 0.270 e. The van der Waals surface area contributed by atoms with Gasteiger partial charge in [-0.25, -0.2) is 0 Å². The molecule has 0 atom stereocenters. The lowest BCUT2D eigenvalue weighted by Gasteiger charge is -2.17. The van der Waals surface area contributed by atoms with Crippen molar-refractivity contribution in [1.29, 1.82) is 0 Å². The van der Waals surface area contributed by atoms with Crippen LogP contribution in [-0.2, 0) is 6.54 Å². The molecule has 21 heavy (non-hydrogen) atoms. The monoisotopic (exact) mass is 306 g/mol. The quantitative estimate of drug-likeness (QED) is 0.629. The number of benzene rings is 1.